The second-order valence-electron chi connectivity index (χ2n) is 9.43. The molecule has 1 saturated heterocycles. The van der Waals surface area contributed by atoms with Crippen LogP contribution in [0.1, 0.15) is 45.6 Å². The summed E-state index contributed by atoms with van der Waals surface area (Å²) in [7, 11) is 0. The Morgan fingerprint density at radius 1 is 1.29 bits per heavy atom. The second-order valence-corrected chi connectivity index (χ2v) is 9.43. The van der Waals surface area contributed by atoms with Crippen molar-refractivity contribution < 1.29 is 28.3 Å². The molecule has 168 valence electrons. The molecule has 4 amide bonds. The monoisotopic (exact) mass is 433 g/mol. The molecule has 2 fully saturated rings. The van der Waals surface area contributed by atoms with Crippen molar-refractivity contribution in [2.45, 2.75) is 52.5 Å². The molecule has 0 aromatic heterocycles. The van der Waals surface area contributed by atoms with Crippen LogP contribution in [0.25, 0.3) is 0 Å². The maximum absolute atomic E-state index is 13.6. The number of aryl methyl sites for hydroxylation is 1. The summed E-state index contributed by atoms with van der Waals surface area (Å²) in [5.74, 6) is -2.20. The van der Waals surface area contributed by atoms with Gasteiger partial charge in [-0.15, -0.1) is 0 Å². The molecule has 1 aromatic carbocycles. The summed E-state index contributed by atoms with van der Waals surface area (Å²) < 4.78 is 18.5. The number of nitrogens with zero attached hydrogens (tertiary/aromatic N) is 1. The summed E-state index contributed by atoms with van der Waals surface area (Å²) in [4.78, 5) is 50.4. The van der Waals surface area contributed by atoms with Crippen LogP contribution < -0.4 is 10.6 Å². The number of hydrogen-bond donors (Lipinski definition) is 2. The van der Waals surface area contributed by atoms with Gasteiger partial charge < -0.3 is 15.4 Å². The summed E-state index contributed by atoms with van der Waals surface area (Å²) in [6.45, 7) is 6.55. The topological polar surface area (TPSA) is 105 Å². The Labute approximate surface area is 180 Å². The van der Waals surface area contributed by atoms with Crippen molar-refractivity contribution in [3.8, 4) is 0 Å². The average molecular weight is 433 g/mol. The van der Waals surface area contributed by atoms with E-state index in [4.69, 9.17) is 4.74 Å². The van der Waals surface area contributed by atoms with Gasteiger partial charge in [0.2, 0.25) is 0 Å². The Morgan fingerprint density at radius 3 is 2.65 bits per heavy atom. The fraction of sp³-hybridized carbons (Fsp3) is 0.545. The number of halogens is 1. The first-order valence-corrected chi connectivity index (χ1v) is 10.3. The lowest BCUT2D eigenvalue weighted by molar-refractivity contribution is -0.150. The van der Waals surface area contributed by atoms with Gasteiger partial charge in [0.15, 0.2) is 6.61 Å². The molecule has 2 aliphatic rings. The lowest BCUT2D eigenvalue weighted by Gasteiger charge is -2.43. The summed E-state index contributed by atoms with van der Waals surface area (Å²) in [6, 6.07) is 3.57. The number of imide groups is 1. The van der Waals surface area contributed by atoms with E-state index in [1.54, 1.807) is 6.92 Å². The number of nitrogens with one attached hydrogen (secondary N) is 2. The van der Waals surface area contributed by atoms with Gasteiger partial charge in [-0.05, 0) is 55.2 Å². The van der Waals surface area contributed by atoms with Gasteiger partial charge in [-0.2, -0.15) is 0 Å². The van der Waals surface area contributed by atoms with Crippen LogP contribution in [0.4, 0.5) is 14.9 Å². The average Bonchev–Trinajstić information content (AvgIpc) is 2.84. The highest BCUT2D eigenvalue weighted by Crippen LogP contribution is 2.46. The van der Waals surface area contributed by atoms with E-state index < -0.39 is 48.3 Å². The van der Waals surface area contributed by atoms with Crippen LogP contribution in [-0.4, -0.2) is 47.4 Å². The molecule has 2 unspecified atom stereocenters. The smallest absolute Gasteiger partial charge is 0.326 e. The predicted molar refractivity (Wildman–Crippen MR) is 110 cm³/mol. The van der Waals surface area contributed by atoms with E-state index in [1.165, 1.54) is 12.1 Å². The van der Waals surface area contributed by atoms with Crippen molar-refractivity contribution >= 4 is 29.5 Å². The van der Waals surface area contributed by atoms with Crippen molar-refractivity contribution in [3.05, 3.63) is 29.6 Å². The first-order valence-electron chi connectivity index (χ1n) is 10.3. The van der Waals surface area contributed by atoms with Crippen molar-refractivity contribution in [1.82, 2.24) is 10.2 Å². The molecule has 0 bridgehead atoms. The maximum Gasteiger partial charge on any atom is 0.326 e. The molecule has 3 rings (SSSR count). The van der Waals surface area contributed by atoms with Gasteiger partial charge in [0, 0.05) is 5.69 Å². The van der Waals surface area contributed by atoms with Crippen LogP contribution in [0.2, 0.25) is 0 Å². The molecule has 2 N–H and O–H groups in total. The van der Waals surface area contributed by atoms with E-state index in [1.807, 2.05) is 6.92 Å². The van der Waals surface area contributed by atoms with Crippen molar-refractivity contribution in [3.63, 3.8) is 0 Å². The molecule has 0 radical (unpaired) electrons. The molecular weight excluding hydrogens is 405 g/mol. The summed E-state index contributed by atoms with van der Waals surface area (Å²) in [5, 5.41) is 5.20. The fourth-order valence-corrected chi connectivity index (χ4v) is 4.84. The highest BCUT2D eigenvalue weighted by molar-refractivity contribution is 6.09. The lowest BCUT2D eigenvalue weighted by atomic mass is 9.64. The van der Waals surface area contributed by atoms with Gasteiger partial charge in [0.05, 0.1) is 0 Å². The van der Waals surface area contributed by atoms with Crippen LogP contribution in [0.5, 0.6) is 0 Å². The van der Waals surface area contributed by atoms with Gasteiger partial charge in [0.1, 0.15) is 17.9 Å². The van der Waals surface area contributed by atoms with E-state index in [9.17, 15) is 23.6 Å². The van der Waals surface area contributed by atoms with Gasteiger partial charge in [0.25, 0.3) is 11.8 Å². The van der Waals surface area contributed by atoms with Crippen molar-refractivity contribution in [2.75, 3.05) is 18.5 Å². The molecule has 1 aliphatic carbocycles. The van der Waals surface area contributed by atoms with Crippen LogP contribution >= 0.6 is 0 Å². The lowest BCUT2D eigenvalue weighted by Crippen LogP contribution is -2.54. The molecule has 1 heterocycles. The predicted octanol–water partition coefficient (Wildman–Crippen LogP) is 2.75. The Kier molecular flexibility index (Phi) is 6.07. The first kappa shape index (κ1) is 22.7. The normalized spacial score (nSPS) is 24.8. The van der Waals surface area contributed by atoms with E-state index >= 15 is 0 Å². The van der Waals surface area contributed by atoms with Crippen LogP contribution in [0.3, 0.4) is 0 Å². The third-order valence-corrected chi connectivity index (χ3v) is 5.73. The van der Waals surface area contributed by atoms with E-state index in [-0.39, 0.29) is 17.0 Å². The first-order chi connectivity index (χ1) is 14.4. The molecule has 1 spiro atoms. The van der Waals surface area contributed by atoms with E-state index in [0.717, 1.165) is 17.4 Å². The second kappa shape index (κ2) is 8.28. The van der Waals surface area contributed by atoms with E-state index in [0.29, 0.717) is 18.4 Å². The number of carbonyl (C=O) groups excluding carboxylic acids is 4. The van der Waals surface area contributed by atoms with Gasteiger partial charge >= 0.3 is 12.0 Å². The summed E-state index contributed by atoms with van der Waals surface area (Å²) in [6.07, 6.45) is 1.96. The summed E-state index contributed by atoms with van der Waals surface area (Å²) in [5.41, 5.74) is -0.462. The number of carbonyl (C=O) groups is 4. The minimum Gasteiger partial charge on any atom is -0.454 e. The SMILES string of the molecule is Cc1ccc(NC(=O)COC(=O)CN2C(=O)NC3(CC(C)CC(C)(C)C3)C2=O)cc1F. The Bertz CT molecular complexity index is 932. The quantitative estimate of drug-likeness (QED) is 0.549. The Morgan fingerprint density at radius 2 is 2.00 bits per heavy atom. The molecule has 8 nitrogen and oxygen atoms in total. The minimum atomic E-state index is -1.01. The molecule has 9 heteroatoms. The van der Waals surface area contributed by atoms with Gasteiger partial charge in [-0.3, -0.25) is 19.3 Å². The van der Waals surface area contributed by atoms with Crippen LogP contribution in [-0.2, 0) is 19.1 Å². The van der Waals surface area contributed by atoms with Gasteiger partial charge in [-0.25, -0.2) is 9.18 Å². The number of anilines is 1. The third kappa shape index (κ3) is 5.03. The number of hydrogen-bond acceptors (Lipinski definition) is 5. The number of benzene rings is 1. The number of amides is 4. The zero-order chi connectivity index (χ0) is 23.0. The Balaban J connectivity index is 1.55. The van der Waals surface area contributed by atoms with Crippen molar-refractivity contribution in [2.24, 2.45) is 11.3 Å². The molecule has 2 atom stereocenters. The standard InChI is InChI=1S/C22H28FN3O5/c1-13-8-21(3,4)12-22(9-13)19(29)26(20(30)25-22)10-18(28)31-11-17(27)24-15-6-5-14(2)16(23)7-15/h5-7,13H,8-12H2,1-4H3,(H,24,27)(H,25,30). The highest BCUT2D eigenvalue weighted by atomic mass is 19.1. The number of rotatable bonds is 5. The fourth-order valence-electron chi connectivity index (χ4n) is 4.84. The van der Waals surface area contributed by atoms with Crippen LogP contribution in [0, 0.1) is 24.1 Å². The number of urea groups is 1. The molecule has 31 heavy (non-hydrogen) atoms. The highest BCUT2D eigenvalue weighted by Gasteiger charge is 2.56. The van der Waals surface area contributed by atoms with Crippen LogP contribution in [0.15, 0.2) is 18.2 Å². The number of ether oxygens (including phenoxy) is 1. The maximum atomic E-state index is 13.6. The minimum absolute atomic E-state index is 0.120. The molecule has 1 aromatic rings. The summed E-state index contributed by atoms with van der Waals surface area (Å²) >= 11 is 0. The molecular formula is C22H28FN3O5. The zero-order valence-electron chi connectivity index (χ0n) is 18.2. The largest absolute Gasteiger partial charge is 0.454 e. The number of esters is 1. The van der Waals surface area contributed by atoms with Crippen molar-refractivity contribution in [1.29, 1.82) is 0 Å². The molecule has 1 aliphatic heterocycles. The van der Waals surface area contributed by atoms with E-state index in [2.05, 4.69) is 24.5 Å². The Hall–Kier alpha value is -2.97. The third-order valence-electron chi connectivity index (χ3n) is 5.73. The van der Waals surface area contributed by atoms with Gasteiger partial charge in [-0.1, -0.05) is 26.8 Å². The zero-order valence-corrected chi connectivity index (χ0v) is 18.2. The molecule has 1 saturated carbocycles.